The summed E-state index contributed by atoms with van der Waals surface area (Å²) < 4.78 is 4.63. The van der Waals surface area contributed by atoms with Gasteiger partial charge in [0.05, 0.1) is 13.2 Å². The first-order valence-corrected chi connectivity index (χ1v) is 3.48. The summed E-state index contributed by atoms with van der Waals surface area (Å²) >= 11 is 0. The number of aliphatic hydroxyl groups excluding tert-OH is 1. The molecule has 0 aliphatic rings. The van der Waals surface area contributed by atoms with Crippen LogP contribution in [0.3, 0.4) is 0 Å². The van der Waals surface area contributed by atoms with Gasteiger partial charge in [0.1, 0.15) is 6.61 Å². The molecular weight excluding hydrogens is 148 g/mol. The fourth-order valence-electron chi connectivity index (χ4n) is 0.500. The topological polar surface area (TPSA) is 84.6 Å². The molecule has 0 aromatic rings. The van der Waals surface area contributed by atoms with Gasteiger partial charge >= 0.3 is 5.97 Å². The third-order valence-corrected chi connectivity index (χ3v) is 0.997. The number of aliphatic hydroxyl groups is 1. The lowest BCUT2D eigenvalue weighted by Gasteiger charge is -2.03. The van der Waals surface area contributed by atoms with Gasteiger partial charge in [-0.1, -0.05) is 0 Å². The molecule has 0 bridgehead atoms. The summed E-state index contributed by atoms with van der Waals surface area (Å²) in [6, 6.07) is 0. The third kappa shape index (κ3) is 7.24. The first-order valence-electron chi connectivity index (χ1n) is 3.48. The lowest BCUT2D eigenvalue weighted by molar-refractivity contribution is -0.141. The summed E-state index contributed by atoms with van der Waals surface area (Å²) in [5.74, 6) is -0.407. The Kier molecular flexibility index (Phi) is 7.02. The maximum absolute atomic E-state index is 10.4. The molecule has 0 spiro atoms. The van der Waals surface area contributed by atoms with Gasteiger partial charge in [0.2, 0.25) is 0 Å². The van der Waals surface area contributed by atoms with E-state index in [1.807, 2.05) is 0 Å². The molecule has 0 aliphatic heterocycles. The Hall–Kier alpha value is -0.650. The minimum Gasteiger partial charge on any atom is -0.463 e. The second kappa shape index (κ2) is 7.46. The van der Waals surface area contributed by atoms with Crippen molar-refractivity contribution in [2.45, 2.75) is 0 Å². The van der Waals surface area contributed by atoms with Gasteiger partial charge < -0.3 is 20.9 Å². The molecule has 4 N–H and O–H groups in total. The quantitative estimate of drug-likeness (QED) is 0.313. The Morgan fingerprint density at radius 2 is 2.27 bits per heavy atom. The van der Waals surface area contributed by atoms with Gasteiger partial charge in [0.15, 0.2) is 0 Å². The molecular formula is C6H14N2O3. The normalized spacial score (nSPS) is 9.64. The summed E-state index contributed by atoms with van der Waals surface area (Å²) in [5.41, 5.74) is 4.98. The van der Waals surface area contributed by atoms with Crippen molar-refractivity contribution in [2.24, 2.45) is 5.73 Å². The van der Waals surface area contributed by atoms with Gasteiger partial charge in [0, 0.05) is 13.1 Å². The highest BCUT2D eigenvalue weighted by molar-refractivity contribution is 5.71. The van der Waals surface area contributed by atoms with Crippen LogP contribution in [0.2, 0.25) is 0 Å². The Morgan fingerprint density at radius 1 is 1.55 bits per heavy atom. The van der Waals surface area contributed by atoms with E-state index in [0.717, 1.165) is 0 Å². The number of ether oxygens (including phenoxy) is 1. The van der Waals surface area contributed by atoms with E-state index in [0.29, 0.717) is 19.7 Å². The third-order valence-electron chi connectivity index (χ3n) is 0.997. The highest BCUT2D eigenvalue weighted by atomic mass is 16.5. The zero-order chi connectivity index (χ0) is 8.53. The first kappa shape index (κ1) is 10.3. The Labute approximate surface area is 65.5 Å². The van der Waals surface area contributed by atoms with Gasteiger partial charge in [-0.05, 0) is 0 Å². The first-order chi connectivity index (χ1) is 5.31. The zero-order valence-electron chi connectivity index (χ0n) is 6.38. The van der Waals surface area contributed by atoms with Crippen LogP contribution in [0.1, 0.15) is 0 Å². The SMILES string of the molecule is NCC(=O)OCCNCCO. The standard InChI is InChI=1S/C6H14N2O3/c7-5-6(10)11-4-2-8-1-3-9/h8-9H,1-5,7H2. The van der Waals surface area contributed by atoms with Crippen LogP contribution in [0.5, 0.6) is 0 Å². The molecule has 0 atom stereocenters. The lowest BCUT2D eigenvalue weighted by Crippen LogP contribution is -2.26. The molecule has 0 aromatic heterocycles. The molecule has 66 valence electrons. The van der Waals surface area contributed by atoms with E-state index in [1.54, 1.807) is 0 Å². The summed E-state index contributed by atoms with van der Waals surface area (Å²) in [7, 11) is 0. The summed E-state index contributed by atoms with van der Waals surface area (Å²) in [6.07, 6.45) is 0. The number of carbonyl (C=O) groups is 1. The molecule has 5 nitrogen and oxygen atoms in total. The van der Waals surface area contributed by atoms with Crippen LogP contribution in [-0.2, 0) is 9.53 Å². The fourth-order valence-corrected chi connectivity index (χ4v) is 0.500. The molecule has 0 aromatic carbocycles. The molecule has 0 fully saturated rings. The van der Waals surface area contributed by atoms with Crippen LogP contribution >= 0.6 is 0 Å². The minimum atomic E-state index is -0.407. The van der Waals surface area contributed by atoms with E-state index in [1.165, 1.54) is 0 Å². The van der Waals surface area contributed by atoms with Gasteiger partial charge in [0.25, 0.3) is 0 Å². The van der Waals surface area contributed by atoms with Crippen LogP contribution in [0, 0.1) is 0 Å². The number of nitrogens with one attached hydrogen (secondary N) is 1. The van der Waals surface area contributed by atoms with Crippen LogP contribution in [0.15, 0.2) is 0 Å². The number of nitrogens with two attached hydrogens (primary N) is 1. The molecule has 5 heteroatoms. The van der Waals surface area contributed by atoms with Gasteiger partial charge in [-0.25, -0.2) is 0 Å². The number of hydrogen-bond acceptors (Lipinski definition) is 5. The largest absolute Gasteiger partial charge is 0.463 e. The Balaban J connectivity index is 2.95. The zero-order valence-corrected chi connectivity index (χ0v) is 6.38. The number of esters is 1. The monoisotopic (exact) mass is 162 g/mol. The van der Waals surface area contributed by atoms with Crippen molar-refractivity contribution in [3.05, 3.63) is 0 Å². The average Bonchev–Trinajstić information content (AvgIpc) is 2.04. The van der Waals surface area contributed by atoms with Crippen molar-refractivity contribution in [1.82, 2.24) is 5.32 Å². The van der Waals surface area contributed by atoms with Crippen molar-refractivity contribution in [2.75, 3.05) is 32.8 Å². The molecule has 0 saturated heterocycles. The van der Waals surface area contributed by atoms with Crippen molar-refractivity contribution in [1.29, 1.82) is 0 Å². The molecule has 0 saturated carbocycles. The summed E-state index contributed by atoms with van der Waals surface area (Å²) in [6.45, 7) is 1.37. The Morgan fingerprint density at radius 3 is 2.82 bits per heavy atom. The number of carbonyl (C=O) groups excluding carboxylic acids is 1. The van der Waals surface area contributed by atoms with Gasteiger partial charge in [-0.3, -0.25) is 4.79 Å². The van der Waals surface area contributed by atoms with Crippen LogP contribution in [-0.4, -0.2) is 43.9 Å². The number of rotatable bonds is 6. The smallest absolute Gasteiger partial charge is 0.319 e. The summed E-state index contributed by atoms with van der Waals surface area (Å²) in [4.78, 5) is 10.4. The molecule has 11 heavy (non-hydrogen) atoms. The van der Waals surface area contributed by atoms with Crippen molar-refractivity contribution in [3.8, 4) is 0 Å². The van der Waals surface area contributed by atoms with Crippen molar-refractivity contribution in [3.63, 3.8) is 0 Å². The van der Waals surface area contributed by atoms with E-state index in [9.17, 15) is 4.79 Å². The van der Waals surface area contributed by atoms with Crippen molar-refractivity contribution >= 4 is 5.97 Å². The van der Waals surface area contributed by atoms with E-state index >= 15 is 0 Å². The predicted octanol–water partition coefficient (Wildman–Crippen LogP) is -1.93. The maximum Gasteiger partial charge on any atom is 0.319 e. The molecule has 0 amide bonds. The number of hydrogen-bond donors (Lipinski definition) is 3. The lowest BCUT2D eigenvalue weighted by atomic mass is 10.6. The van der Waals surface area contributed by atoms with E-state index in [2.05, 4.69) is 10.1 Å². The second-order valence-electron chi connectivity index (χ2n) is 1.90. The van der Waals surface area contributed by atoms with E-state index < -0.39 is 5.97 Å². The van der Waals surface area contributed by atoms with E-state index in [4.69, 9.17) is 10.8 Å². The van der Waals surface area contributed by atoms with Crippen molar-refractivity contribution < 1.29 is 14.6 Å². The van der Waals surface area contributed by atoms with Crippen LogP contribution in [0.25, 0.3) is 0 Å². The molecule has 0 unspecified atom stereocenters. The average molecular weight is 162 g/mol. The van der Waals surface area contributed by atoms with Gasteiger partial charge in [-0.15, -0.1) is 0 Å². The van der Waals surface area contributed by atoms with Crippen LogP contribution in [0.4, 0.5) is 0 Å². The van der Waals surface area contributed by atoms with Crippen LogP contribution < -0.4 is 11.1 Å². The second-order valence-corrected chi connectivity index (χ2v) is 1.90. The maximum atomic E-state index is 10.4. The minimum absolute atomic E-state index is 0.0833. The highest BCUT2D eigenvalue weighted by Gasteiger charge is 1.95. The van der Waals surface area contributed by atoms with E-state index in [-0.39, 0.29) is 13.2 Å². The molecule has 0 radical (unpaired) electrons. The highest BCUT2D eigenvalue weighted by Crippen LogP contribution is 1.72. The molecule has 0 heterocycles. The van der Waals surface area contributed by atoms with Gasteiger partial charge in [-0.2, -0.15) is 0 Å². The summed E-state index contributed by atoms with van der Waals surface area (Å²) in [5, 5.41) is 11.2. The fraction of sp³-hybridized carbons (Fsp3) is 0.833. The predicted molar refractivity (Wildman–Crippen MR) is 40.0 cm³/mol. The molecule has 0 rings (SSSR count). The molecule has 0 aliphatic carbocycles. The Bertz CT molecular complexity index is 108.